The largest absolute Gasteiger partial charge is 0.496 e. The van der Waals surface area contributed by atoms with E-state index in [1.54, 1.807) is 6.92 Å². The molecule has 2 N–H and O–H groups in total. The van der Waals surface area contributed by atoms with Crippen LogP contribution in [0.5, 0.6) is 5.75 Å². The zero-order chi connectivity index (χ0) is 22.0. The van der Waals surface area contributed by atoms with E-state index in [0.29, 0.717) is 17.4 Å². The van der Waals surface area contributed by atoms with Crippen molar-refractivity contribution in [1.29, 1.82) is 0 Å². The molecule has 29 heavy (non-hydrogen) atoms. The van der Waals surface area contributed by atoms with E-state index in [4.69, 9.17) is 16.3 Å². The standard InChI is InChI=1S/C18H18ClF3N2O4S/c1-10-8-13(5-7-16(10)28-3)29(26,27)24-11(2)17(25)23-12-4-6-15(19)14(9-12)18(20,21)22/h4-9,11,24H,1-3H3,(H,23,25)/t11-/m1/s1. The summed E-state index contributed by atoms with van der Waals surface area (Å²) in [5.41, 5.74) is -0.703. The molecule has 158 valence electrons. The minimum Gasteiger partial charge on any atom is -0.496 e. The molecule has 2 aromatic carbocycles. The van der Waals surface area contributed by atoms with E-state index in [1.807, 2.05) is 0 Å². The molecule has 2 aromatic rings. The second-order valence-corrected chi connectivity index (χ2v) is 8.28. The van der Waals surface area contributed by atoms with E-state index in [-0.39, 0.29) is 10.6 Å². The van der Waals surface area contributed by atoms with Crippen LogP contribution in [0.15, 0.2) is 41.3 Å². The molecule has 6 nitrogen and oxygen atoms in total. The quantitative estimate of drug-likeness (QED) is 0.697. The number of hydrogen-bond acceptors (Lipinski definition) is 4. The van der Waals surface area contributed by atoms with Crippen LogP contribution >= 0.6 is 11.6 Å². The molecule has 0 saturated heterocycles. The van der Waals surface area contributed by atoms with E-state index in [1.165, 1.54) is 38.3 Å². The number of halogens is 4. The predicted molar refractivity (Wildman–Crippen MR) is 103 cm³/mol. The first-order valence-electron chi connectivity index (χ1n) is 8.19. The molecule has 0 radical (unpaired) electrons. The number of hydrogen-bond donors (Lipinski definition) is 2. The molecule has 0 aliphatic rings. The van der Waals surface area contributed by atoms with E-state index in [9.17, 15) is 26.4 Å². The van der Waals surface area contributed by atoms with E-state index >= 15 is 0 Å². The van der Waals surface area contributed by atoms with Crippen molar-refractivity contribution in [3.05, 3.63) is 52.5 Å². The second-order valence-electron chi connectivity index (χ2n) is 6.16. The number of anilines is 1. The van der Waals surface area contributed by atoms with Gasteiger partial charge in [-0.1, -0.05) is 11.6 Å². The number of ether oxygens (including phenoxy) is 1. The van der Waals surface area contributed by atoms with Gasteiger partial charge in [-0.3, -0.25) is 4.79 Å². The molecule has 0 fully saturated rings. The number of sulfonamides is 1. The summed E-state index contributed by atoms with van der Waals surface area (Å²) in [6, 6.07) is 5.76. The van der Waals surface area contributed by atoms with Crippen LogP contribution in [-0.2, 0) is 21.0 Å². The maximum absolute atomic E-state index is 12.9. The highest BCUT2D eigenvalue weighted by molar-refractivity contribution is 7.89. The molecule has 0 heterocycles. The molecule has 0 aliphatic carbocycles. The van der Waals surface area contributed by atoms with Gasteiger partial charge in [0.15, 0.2) is 0 Å². The molecular formula is C18H18ClF3N2O4S. The van der Waals surface area contributed by atoms with Crippen LogP contribution in [0.4, 0.5) is 18.9 Å². The van der Waals surface area contributed by atoms with Crippen molar-refractivity contribution in [3.8, 4) is 5.75 Å². The van der Waals surface area contributed by atoms with Gasteiger partial charge < -0.3 is 10.1 Å². The summed E-state index contributed by atoms with van der Waals surface area (Å²) < 4.78 is 71.0. The molecule has 2 rings (SSSR count). The Balaban J connectivity index is 2.16. The molecule has 0 aliphatic heterocycles. The zero-order valence-corrected chi connectivity index (χ0v) is 17.2. The number of carbonyl (C=O) groups is 1. The maximum atomic E-state index is 12.9. The van der Waals surface area contributed by atoms with E-state index < -0.39 is 38.7 Å². The van der Waals surface area contributed by atoms with Crippen molar-refractivity contribution >= 4 is 33.2 Å². The van der Waals surface area contributed by atoms with Crippen LogP contribution in [0.3, 0.4) is 0 Å². The number of carbonyl (C=O) groups excluding carboxylic acids is 1. The number of nitrogens with one attached hydrogen (secondary N) is 2. The van der Waals surface area contributed by atoms with Crippen molar-refractivity contribution in [2.45, 2.75) is 31.0 Å². The van der Waals surface area contributed by atoms with Crippen LogP contribution in [0.25, 0.3) is 0 Å². The summed E-state index contributed by atoms with van der Waals surface area (Å²) in [5, 5.41) is 1.73. The fraction of sp³-hybridized carbons (Fsp3) is 0.278. The lowest BCUT2D eigenvalue weighted by atomic mass is 10.2. The lowest BCUT2D eigenvalue weighted by molar-refractivity contribution is -0.137. The summed E-state index contributed by atoms with van der Waals surface area (Å²) >= 11 is 5.54. The monoisotopic (exact) mass is 450 g/mol. The maximum Gasteiger partial charge on any atom is 0.417 e. The average Bonchev–Trinajstić information content (AvgIpc) is 2.61. The highest BCUT2D eigenvalue weighted by Crippen LogP contribution is 2.36. The van der Waals surface area contributed by atoms with Crippen molar-refractivity contribution in [2.24, 2.45) is 0 Å². The summed E-state index contributed by atoms with van der Waals surface area (Å²) in [4.78, 5) is 12.2. The topological polar surface area (TPSA) is 84.5 Å². The van der Waals surface area contributed by atoms with Crippen LogP contribution < -0.4 is 14.8 Å². The Hall–Kier alpha value is -2.30. The van der Waals surface area contributed by atoms with Gasteiger partial charge in [0.1, 0.15) is 5.75 Å². The summed E-state index contributed by atoms with van der Waals surface area (Å²) in [5.74, 6) is -0.341. The lowest BCUT2D eigenvalue weighted by Gasteiger charge is -2.16. The zero-order valence-electron chi connectivity index (χ0n) is 15.6. The van der Waals surface area contributed by atoms with Crippen LogP contribution in [-0.4, -0.2) is 27.5 Å². The number of amides is 1. The molecule has 11 heteroatoms. The molecule has 0 unspecified atom stereocenters. The third-order valence-electron chi connectivity index (χ3n) is 3.94. The highest BCUT2D eigenvalue weighted by atomic mass is 35.5. The van der Waals surface area contributed by atoms with Crippen molar-refractivity contribution < 1.29 is 31.1 Å². The Morgan fingerprint density at radius 2 is 1.83 bits per heavy atom. The molecule has 0 spiro atoms. The Labute approximate surface area is 171 Å². The Morgan fingerprint density at radius 3 is 2.38 bits per heavy atom. The minimum atomic E-state index is -4.70. The molecule has 0 saturated carbocycles. The summed E-state index contributed by atoms with van der Waals surface area (Å²) in [7, 11) is -2.60. The van der Waals surface area contributed by atoms with Gasteiger partial charge >= 0.3 is 6.18 Å². The third kappa shape index (κ3) is 5.62. The van der Waals surface area contributed by atoms with Crippen molar-refractivity contribution in [3.63, 3.8) is 0 Å². The Bertz CT molecular complexity index is 1030. The lowest BCUT2D eigenvalue weighted by Crippen LogP contribution is -2.41. The minimum absolute atomic E-state index is 0.0821. The smallest absolute Gasteiger partial charge is 0.417 e. The van der Waals surface area contributed by atoms with Gasteiger partial charge in [-0.2, -0.15) is 17.9 Å². The fourth-order valence-corrected chi connectivity index (χ4v) is 3.96. The van der Waals surface area contributed by atoms with Crippen molar-refractivity contribution in [1.82, 2.24) is 4.72 Å². The first-order valence-corrected chi connectivity index (χ1v) is 10.1. The molecule has 1 atom stereocenters. The van der Waals surface area contributed by atoms with E-state index in [2.05, 4.69) is 10.0 Å². The Morgan fingerprint density at radius 1 is 1.17 bits per heavy atom. The molecular weight excluding hydrogens is 433 g/mol. The second kappa shape index (κ2) is 8.60. The van der Waals surface area contributed by atoms with Gasteiger partial charge in [-0.25, -0.2) is 8.42 Å². The van der Waals surface area contributed by atoms with Gasteiger partial charge in [0.25, 0.3) is 0 Å². The number of aryl methyl sites for hydroxylation is 1. The predicted octanol–water partition coefficient (Wildman–Crippen LogP) is 3.98. The number of rotatable bonds is 6. The van der Waals surface area contributed by atoms with Gasteiger partial charge in [0.2, 0.25) is 15.9 Å². The number of alkyl halides is 3. The Kier molecular flexibility index (Phi) is 6.82. The normalized spacial score (nSPS) is 13.1. The SMILES string of the molecule is COc1ccc(S(=O)(=O)N[C@H](C)C(=O)Nc2ccc(Cl)c(C(F)(F)F)c2)cc1C. The average molecular weight is 451 g/mol. The fourth-order valence-electron chi connectivity index (χ4n) is 2.44. The van der Waals surface area contributed by atoms with Gasteiger partial charge in [0, 0.05) is 5.69 Å². The van der Waals surface area contributed by atoms with Crippen LogP contribution in [0.1, 0.15) is 18.1 Å². The first kappa shape index (κ1) is 23.0. The van der Waals surface area contributed by atoms with Gasteiger partial charge in [-0.05, 0) is 55.8 Å². The van der Waals surface area contributed by atoms with Crippen molar-refractivity contribution in [2.75, 3.05) is 12.4 Å². The summed E-state index contributed by atoms with van der Waals surface area (Å²) in [6.07, 6.45) is -4.70. The van der Waals surface area contributed by atoms with E-state index in [0.717, 1.165) is 6.07 Å². The third-order valence-corrected chi connectivity index (χ3v) is 5.81. The highest BCUT2D eigenvalue weighted by Gasteiger charge is 2.33. The van der Waals surface area contributed by atoms with Gasteiger partial charge in [-0.15, -0.1) is 0 Å². The molecule has 1 amide bonds. The number of methoxy groups -OCH3 is 1. The summed E-state index contributed by atoms with van der Waals surface area (Å²) in [6.45, 7) is 2.93. The molecule has 0 aromatic heterocycles. The van der Waals surface area contributed by atoms with Gasteiger partial charge in [0.05, 0.1) is 28.6 Å². The number of benzene rings is 2. The first-order chi connectivity index (χ1) is 13.3. The molecule has 0 bridgehead atoms. The van der Waals surface area contributed by atoms with Crippen LogP contribution in [0.2, 0.25) is 5.02 Å². The van der Waals surface area contributed by atoms with Crippen LogP contribution in [0, 0.1) is 6.92 Å².